The molecule has 0 saturated heterocycles. The first-order chi connectivity index (χ1) is 10.0. The van der Waals surface area contributed by atoms with E-state index >= 15 is 0 Å². The lowest BCUT2D eigenvalue weighted by Gasteiger charge is -2.10. The summed E-state index contributed by atoms with van der Waals surface area (Å²) < 4.78 is 29.0. The monoisotopic (exact) mass is 326 g/mol. The number of benzene rings is 2. The third-order valence-corrected chi connectivity index (χ3v) is 3.75. The smallest absolute Gasteiger partial charge is 0.153 e. The molecule has 0 bridgehead atoms. The summed E-state index contributed by atoms with van der Waals surface area (Å²) in [6.45, 7) is 1.91. The SMILES string of the molecule is Cc1ccc(-n2c(CCl)nc3c(F)cc(F)cc32)c(Cl)c1. The van der Waals surface area contributed by atoms with Crippen LogP contribution in [0.15, 0.2) is 30.3 Å². The Balaban J connectivity index is 2.40. The van der Waals surface area contributed by atoms with E-state index in [4.69, 9.17) is 23.2 Å². The van der Waals surface area contributed by atoms with Gasteiger partial charge in [-0.15, -0.1) is 11.6 Å². The average molecular weight is 327 g/mol. The summed E-state index contributed by atoms with van der Waals surface area (Å²) in [6, 6.07) is 7.43. The summed E-state index contributed by atoms with van der Waals surface area (Å²) in [5.41, 5.74) is 1.95. The lowest BCUT2D eigenvalue weighted by molar-refractivity contribution is 0.590. The van der Waals surface area contributed by atoms with Gasteiger partial charge in [0.25, 0.3) is 0 Å². The van der Waals surface area contributed by atoms with E-state index in [1.54, 1.807) is 16.7 Å². The molecule has 0 spiro atoms. The number of alkyl halides is 1. The van der Waals surface area contributed by atoms with Gasteiger partial charge in [-0.3, -0.25) is 4.57 Å². The first-order valence-electron chi connectivity index (χ1n) is 6.20. The second kappa shape index (κ2) is 5.28. The van der Waals surface area contributed by atoms with Crippen molar-refractivity contribution >= 4 is 34.2 Å². The topological polar surface area (TPSA) is 17.8 Å². The molecule has 0 aliphatic heterocycles. The van der Waals surface area contributed by atoms with Crippen molar-refractivity contribution in [1.82, 2.24) is 9.55 Å². The molecule has 0 atom stereocenters. The van der Waals surface area contributed by atoms with E-state index < -0.39 is 11.6 Å². The maximum atomic E-state index is 13.9. The van der Waals surface area contributed by atoms with Crippen LogP contribution in [0.1, 0.15) is 11.4 Å². The number of halogens is 4. The zero-order chi connectivity index (χ0) is 15.1. The molecule has 1 aromatic heterocycles. The van der Waals surface area contributed by atoms with Crippen LogP contribution < -0.4 is 0 Å². The molecular formula is C15H10Cl2F2N2. The number of hydrogen-bond donors (Lipinski definition) is 0. The predicted molar refractivity (Wildman–Crippen MR) is 80.3 cm³/mol. The standard InChI is InChI=1S/C15H10Cl2F2N2/c1-8-2-3-12(10(17)4-8)21-13-6-9(18)5-11(19)15(13)20-14(21)7-16/h2-6H,7H2,1H3. The molecule has 6 heteroatoms. The summed E-state index contributed by atoms with van der Waals surface area (Å²) in [7, 11) is 0. The largest absolute Gasteiger partial charge is 0.294 e. The molecule has 0 saturated carbocycles. The van der Waals surface area contributed by atoms with Crippen LogP contribution in [-0.4, -0.2) is 9.55 Å². The van der Waals surface area contributed by atoms with Gasteiger partial charge in [0.1, 0.15) is 17.2 Å². The number of hydrogen-bond acceptors (Lipinski definition) is 1. The molecule has 2 nitrogen and oxygen atoms in total. The molecule has 0 amide bonds. The Bertz CT molecular complexity index is 843. The molecular weight excluding hydrogens is 317 g/mol. The van der Waals surface area contributed by atoms with Crippen LogP contribution in [0.3, 0.4) is 0 Å². The van der Waals surface area contributed by atoms with E-state index in [-0.39, 0.29) is 11.4 Å². The molecule has 0 aliphatic rings. The molecule has 0 radical (unpaired) electrons. The Hall–Kier alpha value is -1.65. The van der Waals surface area contributed by atoms with Crippen molar-refractivity contribution < 1.29 is 8.78 Å². The van der Waals surface area contributed by atoms with Crippen molar-refractivity contribution in [2.45, 2.75) is 12.8 Å². The van der Waals surface area contributed by atoms with Crippen LogP contribution in [0.25, 0.3) is 16.7 Å². The minimum Gasteiger partial charge on any atom is -0.294 e. The van der Waals surface area contributed by atoms with Gasteiger partial charge in [0.2, 0.25) is 0 Å². The van der Waals surface area contributed by atoms with Crippen LogP contribution in [0, 0.1) is 18.6 Å². The van der Waals surface area contributed by atoms with Gasteiger partial charge in [-0.1, -0.05) is 17.7 Å². The van der Waals surface area contributed by atoms with Gasteiger partial charge in [0.15, 0.2) is 5.82 Å². The van der Waals surface area contributed by atoms with Crippen LogP contribution in [-0.2, 0) is 5.88 Å². The third kappa shape index (κ3) is 2.39. The zero-order valence-corrected chi connectivity index (χ0v) is 12.5. The first-order valence-corrected chi connectivity index (χ1v) is 7.11. The quantitative estimate of drug-likeness (QED) is 0.605. The minimum absolute atomic E-state index is 0.0555. The summed E-state index contributed by atoms with van der Waals surface area (Å²) in [5.74, 6) is -0.939. The van der Waals surface area contributed by atoms with Crippen molar-refractivity contribution in [3.05, 3.63) is 58.4 Å². The van der Waals surface area contributed by atoms with Crippen LogP contribution in [0.2, 0.25) is 5.02 Å². The Labute approximate surface area is 129 Å². The zero-order valence-electron chi connectivity index (χ0n) is 11.0. The van der Waals surface area contributed by atoms with E-state index in [0.29, 0.717) is 22.1 Å². The van der Waals surface area contributed by atoms with Crippen LogP contribution in [0.5, 0.6) is 0 Å². The molecule has 1 heterocycles. The molecule has 2 aromatic carbocycles. The Morgan fingerprint density at radius 1 is 1.19 bits per heavy atom. The highest BCUT2D eigenvalue weighted by atomic mass is 35.5. The Morgan fingerprint density at radius 2 is 1.95 bits per heavy atom. The van der Waals surface area contributed by atoms with Crippen molar-refractivity contribution in [2.75, 3.05) is 0 Å². The van der Waals surface area contributed by atoms with Gasteiger partial charge < -0.3 is 0 Å². The van der Waals surface area contributed by atoms with E-state index in [1.165, 1.54) is 6.07 Å². The normalized spacial score (nSPS) is 11.3. The van der Waals surface area contributed by atoms with E-state index in [1.807, 2.05) is 13.0 Å². The lowest BCUT2D eigenvalue weighted by Crippen LogP contribution is -2.00. The van der Waals surface area contributed by atoms with E-state index in [9.17, 15) is 8.78 Å². The molecule has 0 aliphatic carbocycles. The number of aromatic nitrogens is 2. The Kier molecular flexibility index (Phi) is 3.59. The van der Waals surface area contributed by atoms with Crippen molar-refractivity contribution in [1.29, 1.82) is 0 Å². The molecule has 0 N–H and O–H groups in total. The summed E-state index contributed by atoms with van der Waals surface area (Å²) in [6.07, 6.45) is 0. The second-order valence-electron chi connectivity index (χ2n) is 4.71. The average Bonchev–Trinajstić information content (AvgIpc) is 2.77. The van der Waals surface area contributed by atoms with Crippen molar-refractivity contribution in [3.8, 4) is 5.69 Å². The maximum absolute atomic E-state index is 13.9. The molecule has 0 unspecified atom stereocenters. The fourth-order valence-corrected chi connectivity index (χ4v) is 2.80. The van der Waals surface area contributed by atoms with Crippen LogP contribution in [0.4, 0.5) is 8.78 Å². The van der Waals surface area contributed by atoms with E-state index in [0.717, 1.165) is 11.6 Å². The number of imidazole rings is 1. The number of nitrogens with zero attached hydrogens (tertiary/aromatic N) is 2. The van der Waals surface area contributed by atoms with Crippen molar-refractivity contribution in [3.63, 3.8) is 0 Å². The number of rotatable bonds is 2. The third-order valence-electron chi connectivity index (χ3n) is 3.21. The van der Waals surface area contributed by atoms with Gasteiger partial charge in [-0.25, -0.2) is 13.8 Å². The second-order valence-corrected chi connectivity index (χ2v) is 5.38. The highest BCUT2D eigenvalue weighted by Crippen LogP contribution is 2.30. The maximum Gasteiger partial charge on any atom is 0.153 e. The summed E-state index contributed by atoms with van der Waals surface area (Å²) in [5, 5.41) is 0.463. The van der Waals surface area contributed by atoms with Gasteiger partial charge in [-0.05, 0) is 24.6 Å². The van der Waals surface area contributed by atoms with Gasteiger partial charge in [0.05, 0.1) is 22.1 Å². The fraction of sp³-hybridized carbons (Fsp3) is 0.133. The lowest BCUT2D eigenvalue weighted by atomic mass is 10.2. The van der Waals surface area contributed by atoms with Gasteiger partial charge in [-0.2, -0.15) is 0 Å². The number of fused-ring (bicyclic) bond motifs is 1. The highest BCUT2D eigenvalue weighted by Gasteiger charge is 2.17. The van der Waals surface area contributed by atoms with Gasteiger partial charge >= 0.3 is 0 Å². The molecule has 3 aromatic rings. The summed E-state index contributed by atoms with van der Waals surface area (Å²) >= 11 is 12.1. The highest BCUT2D eigenvalue weighted by molar-refractivity contribution is 6.32. The molecule has 21 heavy (non-hydrogen) atoms. The van der Waals surface area contributed by atoms with Gasteiger partial charge in [0, 0.05) is 12.1 Å². The fourth-order valence-electron chi connectivity index (χ4n) is 2.30. The van der Waals surface area contributed by atoms with Crippen LogP contribution >= 0.6 is 23.2 Å². The number of aryl methyl sites for hydroxylation is 1. The molecule has 108 valence electrons. The minimum atomic E-state index is -0.724. The van der Waals surface area contributed by atoms with E-state index in [2.05, 4.69) is 4.98 Å². The Morgan fingerprint density at radius 3 is 2.62 bits per heavy atom. The first kappa shape index (κ1) is 14.3. The predicted octanol–water partition coefficient (Wildman–Crippen LogP) is 5.00. The van der Waals surface area contributed by atoms with Crippen molar-refractivity contribution in [2.24, 2.45) is 0 Å². The molecule has 0 fully saturated rings. The molecule has 3 rings (SSSR count). The summed E-state index contributed by atoms with van der Waals surface area (Å²) in [4.78, 5) is 4.14.